The summed E-state index contributed by atoms with van der Waals surface area (Å²) in [5.41, 5.74) is 3.82. The highest BCUT2D eigenvalue weighted by atomic mass is 16.5. The average Bonchev–Trinajstić information content (AvgIpc) is 3.17. The summed E-state index contributed by atoms with van der Waals surface area (Å²) in [7, 11) is 0. The molecule has 27 heavy (non-hydrogen) atoms. The van der Waals surface area contributed by atoms with E-state index >= 15 is 0 Å². The first kappa shape index (κ1) is 18.6. The number of nitrogens with zero attached hydrogens (tertiary/aromatic N) is 2. The lowest BCUT2D eigenvalue weighted by Gasteiger charge is -2.13. The van der Waals surface area contributed by atoms with Gasteiger partial charge in [-0.1, -0.05) is 12.1 Å². The molecule has 6 heteroatoms. The molecule has 3 rings (SSSR count). The van der Waals surface area contributed by atoms with E-state index in [0.29, 0.717) is 22.6 Å². The first-order valence-corrected chi connectivity index (χ1v) is 8.79. The monoisotopic (exact) mass is 366 g/mol. The smallest absolute Gasteiger partial charge is 0.331 e. The Morgan fingerprint density at radius 3 is 2.67 bits per heavy atom. The van der Waals surface area contributed by atoms with Crippen molar-refractivity contribution in [1.82, 2.24) is 9.55 Å². The number of aryl methyl sites for hydroxylation is 1. The van der Waals surface area contributed by atoms with E-state index < -0.39 is 5.97 Å². The van der Waals surface area contributed by atoms with E-state index in [0.717, 1.165) is 11.4 Å². The first-order valence-electron chi connectivity index (χ1n) is 8.79. The molecule has 1 aromatic carbocycles. The maximum Gasteiger partial charge on any atom is 0.331 e. The number of para-hydroxylation sites is 2. The molecule has 0 unspecified atom stereocenters. The molecule has 0 bridgehead atoms. The molecule has 2 heterocycles. The van der Waals surface area contributed by atoms with Crippen LogP contribution in [0.25, 0.3) is 17.2 Å². The highest BCUT2D eigenvalue weighted by Crippen LogP contribution is 2.20. The number of hydrogen-bond donors (Lipinski definition) is 0. The van der Waals surface area contributed by atoms with Crippen LogP contribution in [0.1, 0.15) is 47.5 Å². The third kappa shape index (κ3) is 4.00. The number of carbonyl (C=O) groups is 2. The zero-order valence-electron chi connectivity index (χ0n) is 15.9. The molecule has 3 aromatic rings. The van der Waals surface area contributed by atoms with Crippen molar-refractivity contribution in [3.63, 3.8) is 0 Å². The fourth-order valence-electron chi connectivity index (χ4n) is 3.22. The number of benzene rings is 1. The van der Waals surface area contributed by atoms with Gasteiger partial charge in [0.15, 0.2) is 12.2 Å². The second kappa shape index (κ2) is 7.61. The molecule has 0 saturated carbocycles. The van der Waals surface area contributed by atoms with Gasteiger partial charge in [0.25, 0.3) is 0 Å². The van der Waals surface area contributed by atoms with Crippen molar-refractivity contribution in [2.45, 2.75) is 33.7 Å². The number of hydrogen-bond acceptors (Lipinski definition) is 5. The minimum Gasteiger partial charge on any atom is -0.454 e. The molecular weight excluding hydrogens is 344 g/mol. The lowest BCUT2D eigenvalue weighted by Crippen LogP contribution is -2.14. The molecule has 0 saturated heterocycles. The molecule has 6 nitrogen and oxygen atoms in total. The van der Waals surface area contributed by atoms with Gasteiger partial charge in [-0.2, -0.15) is 0 Å². The van der Waals surface area contributed by atoms with E-state index in [-0.39, 0.29) is 18.4 Å². The second-order valence-electron chi connectivity index (χ2n) is 6.63. The Balaban J connectivity index is 1.62. The number of ketones is 1. The van der Waals surface area contributed by atoms with Crippen LogP contribution in [0.4, 0.5) is 0 Å². The van der Waals surface area contributed by atoms with E-state index in [1.807, 2.05) is 38.1 Å². The molecular formula is C21H22N2O4. The van der Waals surface area contributed by atoms with Crippen LogP contribution in [-0.2, 0) is 9.53 Å². The van der Waals surface area contributed by atoms with Gasteiger partial charge in [-0.25, -0.2) is 9.78 Å². The van der Waals surface area contributed by atoms with Gasteiger partial charge in [-0.15, -0.1) is 0 Å². The van der Waals surface area contributed by atoms with E-state index in [4.69, 9.17) is 9.15 Å². The quantitative estimate of drug-likeness (QED) is 0.370. The molecule has 0 spiro atoms. The summed E-state index contributed by atoms with van der Waals surface area (Å²) in [6.07, 6.45) is 2.63. The first-order chi connectivity index (χ1) is 12.9. The molecule has 0 amide bonds. The number of esters is 1. The van der Waals surface area contributed by atoms with Crippen molar-refractivity contribution in [2.24, 2.45) is 0 Å². The van der Waals surface area contributed by atoms with Crippen LogP contribution in [0.3, 0.4) is 0 Å². The van der Waals surface area contributed by atoms with Gasteiger partial charge < -0.3 is 13.7 Å². The summed E-state index contributed by atoms with van der Waals surface area (Å²) in [4.78, 5) is 28.5. The number of carbonyl (C=O) groups excluding carboxylic acids is 2. The second-order valence-corrected chi connectivity index (χ2v) is 6.63. The molecule has 0 fully saturated rings. The molecule has 0 N–H and O–H groups in total. The van der Waals surface area contributed by atoms with E-state index in [2.05, 4.69) is 23.4 Å². The number of ether oxygens (including phenoxy) is 1. The van der Waals surface area contributed by atoms with Gasteiger partial charge >= 0.3 is 5.97 Å². The standard InChI is InChI=1S/C21H22N2O4/c1-13(2)23-14(3)11-16(15(23)4)18(24)12-26-21(25)10-9-20-22-17-7-5-6-8-19(17)27-20/h5-11,13H,12H2,1-4H3/b10-9+. The molecule has 0 aliphatic rings. The van der Waals surface area contributed by atoms with Gasteiger partial charge in [0.1, 0.15) is 5.52 Å². The number of fused-ring (bicyclic) bond motifs is 1. The minimum atomic E-state index is -0.622. The van der Waals surface area contributed by atoms with Crippen molar-refractivity contribution in [3.8, 4) is 0 Å². The minimum absolute atomic E-state index is 0.224. The highest BCUT2D eigenvalue weighted by Gasteiger charge is 2.18. The SMILES string of the molecule is Cc1cc(C(=O)COC(=O)/C=C/c2nc3ccccc3o2)c(C)n1C(C)C. The van der Waals surface area contributed by atoms with Crippen molar-refractivity contribution in [1.29, 1.82) is 0 Å². The molecule has 140 valence electrons. The average molecular weight is 366 g/mol. The molecule has 0 radical (unpaired) electrons. The molecule has 0 atom stereocenters. The normalized spacial score (nSPS) is 11.6. The maximum absolute atomic E-state index is 12.4. The summed E-state index contributed by atoms with van der Waals surface area (Å²) in [6, 6.07) is 9.41. The Bertz CT molecular complexity index is 991. The van der Waals surface area contributed by atoms with Gasteiger partial charge in [0, 0.05) is 35.1 Å². The van der Waals surface area contributed by atoms with E-state index in [1.165, 1.54) is 12.2 Å². The summed E-state index contributed by atoms with van der Waals surface area (Å²) in [5, 5.41) is 0. The fraction of sp³-hybridized carbons (Fsp3) is 0.286. The number of Topliss-reactive ketones (excluding diaryl/α,β-unsaturated/α-hetero) is 1. The molecule has 0 aliphatic carbocycles. The van der Waals surface area contributed by atoms with E-state index in [9.17, 15) is 9.59 Å². The zero-order chi connectivity index (χ0) is 19.6. The predicted octanol–water partition coefficient (Wildman–Crippen LogP) is 4.27. The molecule has 2 aromatic heterocycles. The van der Waals surface area contributed by atoms with Crippen LogP contribution in [-0.4, -0.2) is 27.9 Å². The van der Waals surface area contributed by atoms with Crippen LogP contribution in [0.15, 0.2) is 40.8 Å². The summed E-state index contributed by atoms with van der Waals surface area (Å²) >= 11 is 0. The highest BCUT2D eigenvalue weighted by molar-refractivity contribution is 6.00. The Hall–Kier alpha value is -3.15. The number of aromatic nitrogens is 2. The van der Waals surface area contributed by atoms with Crippen molar-refractivity contribution in [2.75, 3.05) is 6.61 Å². The fourth-order valence-corrected chi connectivity index (χ4v) is 3.22. The van der Waals surface area contributed by atoms with Crippen molar-refractivity contribution >= 4 is 28.9 Å². The van der Waals surface area contributed by atoms with Crippen LogP contribution in [0.2, 0.25) is 0 Å². The zero-order valence-corrected chi connectivity index (χ0v) is 15.9. The van der Waals surface area contributed by atoms with Crippen LogP contribution >= 0.6 is 0 Å². The molecule has 0 aliphatic heterocycles. The van der Waals surface area contributed by atoms with Gasteiger partial charge in [0.2, 0.25) is 11.7 Å². The Labute approximate surface area is 157 Å². The third-order valence-corrected chi connectivity index (χ3v) is 4.32. The summed E-state index contributed by atoms with van der Waals surface area (Å²) in [5.74, 6) is -0.540. The largest absolute Gasteiger partial charge is 0.454 e. The van der Waals surface area contributed by atoms with Gasteiger partial charge in [0.05, 0.1) is 0 Å². The third-order valence-electron chi connectivity index (χ3n) is 4.32. The Morgan fingerprint density at radius 1 is 1.26 bits per heavy atom. The number of oxazole rings is 1. The van der Waals surface area contributed by atoms with Crippen molar-refractivity contribution in [3.05, 3.63) is 59.2 Å². The van der Waals surface area contributed by atoms with Crippen LogP contribution < -0.4 is 0 Å². The van der Waals surface area contributed by atoms with Gasteiger partial charge in [-0.3, -0.25) is 4.79 Å². The summed E-state index contributed by atoms with van der Waals surface area (Å²) < 4.78 is 12.6. The van der Waals surface area contributed by atoms with Gasteiger partial charge in [-0.05, 0) is 45.9 Å². The Morgan fingerprint density at radius 2 is 2.00 bits per heavy atom. The van der Waals surface area contributed by atoms with E-state index in [1.54, 1.807) is 6.07 Å². The van der Waals surface area contributed by atoms with Crippen molar-refractivity contribution < 1.29 is 18.7 Å². The maximum atomic E-state index is 12.4. The summed E-state index contributed by atoms with van der Waals surface area (Å²) in [6.45, 7) is 7.67. The Kier molecular flexibility index (Phi) is 5.26. The lowest BCUT2D eigenvalue weighted by atomic mass is 10.1. The van der Waals surface area contributed by atoms with Crippen LogP contribution in [0.5, 0.6) is 0 Å². The van der Waals surface area contributed by atoms with Crippen LogP contribution in [0, 0.1) is 13.8 Å². The number of rotatable bonds is 6. The predicted molar refractivity (Wildman–Crippen MR) is 103 cm³/mol. The topological polar surface area (TPSA) is 74.3 Å². The lowest BCUT2D eigenvalue weighted by molar-refractivity contribution is -0.136.